The number of esters is 1. The van der Waals surface area contributed by atoms with Gasteiger partial charge in [0, 0.05) is 11.5 Å². The number of rotatable bonds is 14. The van der Waals surface area contributed by atoms with Crippen molar-refractivity contribution in [3.05, 3.63) is 47.1 Å². The molecule has 3 atom stereocenters. The third-order valence-corrected chi connectivity index (χ3v) is 8.89. The molecule has 0 aromatic heterocycles. The minimum absolute atomic E-state index is 0.0000787. The molecule has 1 aliphatic carbocycles. The van der Waals surface area contributed by atoms with Gasteiger partial charge < -0.3 is 19.1 Å². The molecule has 2 N–H and O–H groups in total. The smallest absolute Gasteiger partial charge is 0.424 e. The summed E-state index contributed by atoms with van der Waals surface area (Å²) in [6.07, 6.45) is 7.00. The van der Waals surface area contributed by atoms with Crippen molar-refractivity contribution in [2.24, 2.45) is 5.92 Å². The first-order valence-electron chi connectivity index (χ1n) is 14.3. The molecule has 9 heteroatoms. The van der Waals surface area contributed by atoms with E-state index < -0.39 is 30.8 Å². The van der Waals surface area contributed by atoms with Crippen LogP contribution < -0.4 is 9.61 Å². The Morgan fingerprint density at radius 1 is 1.23 bits per heavy atom. The van der Waals surface area contributed by atoms with Gasteiger partial charge in [-0.05, 0) is 97.8 Å². The summed E-state index contributed by atoms with van der Waals surface area (Å²) < 4.78 is 31.0. The second-order valence-electron chi connectivity index (χ2n) is 11.5. The quantitative estimate of drug-likeness (QED) is 0.0985. The minimum Gasteiger partial charge on any atom is -0.507 e. The normalized spacial score (nSPS) is 19.0. The van der Waals surface area contributed by atoms with Crippen molar-refractivity contribution in [1.82, 2.24) is 5.09 Å². The zero-order valence-corrected chi connectivity index (χ0v) is 26.4. The average Bonchev–Trinajstić information content (AvgIpc) is 2.83. The molecule has 0 aliphatic heterocycles. The van der Waals surface area contributed by atoms with E-state index in [1.165, 1.54) is 13.8 Å². The summed E-state index contributed by atoms with van der Waals surface area (Å²) >= 11 is 0. The third-order valence-electron chi connectivity index (χ3n) is 6.98. The zero-order valence-electron chi connectivity index (χ0n) is 25.5. The summed E-state index contributed by atoms with van der Waals surface area (Å²) in [6, 6.07) is 3.46. The number of benzene rings is 1. The number of carbonyl (C=O) groups excluding carboxylic acids is 2. The van der Waals surface area contributed by atoms with Gasteiger partial charge >= 0.3 is 19.2 Å². The van der Waals surface area contributed by atoms with Crippen LogP contribution in [0, 0.1) is 5.92 Å². The number of carbonyl (C=O) groups is 2. The Labute approximate surface area is 240 Å². The summed E-state index contributed by atoms with van der Waals surface area (Å²) in [6.45, 7) is 18.2. The van der Waals surface area contributed by atoms with E-state index in [0.717, 1.165) is 48.8 Å². The van der Waals surface area contributed by atoms with Gasteiger partial charge in [0.1, 0.15) is 17.0 Å². The lowest BCUT2D eigenvalue weighted by Gasteiger charge is -2.33. The molecule has 1 aromatic rings. The van der Waals surface area contributed by atoms with E-state index in [4.69, 9.17) is 14.0 Å². The van der Waals surface area contributed by atoms with E-state index in [1.54, 1.807) is 32.9 Å². The number of hydrogen-bond donors (Lipinski definition) is 2. The van der Waals surface area contributed by atoms with Gasteiger partial charge in [-0.25, -0.2) is 14.4 Å². The molecule has 1 aliphatic rings. The highest BCUT2D eigenvalue weighted by Crippen LogP contribution is 2.53. The van der Waals surface area contributed by atoms with Crippen LogP contribution in [0.2, 0.25) is 0 Å². The van der Waals surface area contributed by atoms with E-state index in [-0.39, 0.29) is 29.9 Å². The Morgan fingerprint density at radius 3 is 2.48 bits per heavy atom. The maximum atomic E-state index is 14.3. The molecule has 1 unspecified atom stereocenters. The van der Waals surface area contributed by atoms with Gasteiger partial charge in [-0.2, -0.15) is 0 Å². The van der Waals surface area contributed by atoms with Crippen LogP contribution in [0.4, 0.5) is 4.79 Å². The summed E-state index contributed by atoms with van der Waals surface area (Å²) in [7, 11) is -4.54. The van der Waals surface area contributed by atoms with Gasteiger partial charge in [0.15, 0.2) is 0 Å². The number of aryl methyl sites for hydroxylation is 1. The van der Waals surface area contributed by atoms with Crippen LogP contribution >= 0.6 is 7.52 Å². The molecule has 40 heavy (non-hydrogen) atoms. The maximum absolute atomic E-state index is 14.3. The van der Waals surface area contributed by atoms with Gasteiger partial charge in [-0.3, -0.25) is 4.79 Å². The van der Waals surface area contributed by atoms with E-state index in [9.17, 15) is 19.3 Å². The predicted octanol–water partition coefficient (Wildman–Crippen LogP) is 8.19. The molecular weight excluding hydrogens is 529 g/mol. The highest BCUT2D eigenvalue weighted by molar-refractivity contribution is 7.74. The number of allylic oxidation sites excluding steroid dienone is 3. The predicted molar refractivity (Wildman–Crippen MR) is 159 cm³/mol. The van der Waals surface area contributed by atoms with Gasteiger partial charge in [0.05, 0.1) is 12.7 Å². The number of ether oxygens (including phenoxy) is 2. The number of aromatic hydroxyl groups is 1. The fourth-order valence-electron chi connectivity index (χ4n) is 4.94. The topological polar surface area (TPSA) is 111 Å². The van der Waals surface area contributed by atoms with Crippen LogP contribution in [0.5, 0.6) is 11.5 Å². The fourth-order valence-corrected chi connectivity index (χ4v) is 6.70. The van der Waals surface area contributed by atoms with Crippen LogP contribution in [0.1, 0.15) is 105 Å². The summed E-state index contributed by atoms with van der Waals surface area (Å²) in [5.74, 6) is -0.873. The van der Waals surface area contributed by atoms with Crippen LogP contribution in [0.15, 0.2) is 35.9 Å². The molecule has 0 heterocycles. The fraction of sp³-hybridized carbons (Fsp3) is 0.613. The van der Waals surface area contributed by atoms with E-state index in [1.807, 2.05) is 13.8 Å². The van der Waals surface area contributed by atoms with Crippen molar-refractivity contribution in [2.75, 3.05) is 6.61 Å². The highest BCUT2D eigenvalue weighted by atomic mass is 31.2. The number of phenolic OH excluding ortho intramolecular Hbond substituents is 1. The molecule has 0 spiro atoms. The van der Waals surface area contributed by atoms with E-state index in [0.29, 0.717) is 12.0 Å². The Bertz CT molecular complexity index is 1150. The summed E-state index contributed by atoms with van der Waals surface area (Å²) in [5, 5.41) is 14.0. The summed E-state index contributed by atoms with van der Waals surface area (Å²) in [5.41, 5.74) is 0.672. The average molecular weight is 578 g/mol. The molecule has 2 rings (SSSR count). The van der Waals surface area contributed by atoms with Crippen molar-refractivity contribution in [1.29, 1.82) is 0 Å². The molecule has 1 aromatic carbocycles. The molecular formula is C31H48NO7P. The molecule has 0 radical (unpaired) electrons. The first-order chi connectivity index (χ1) is 18.6. The molecule has 0 amide bonds. The van der Waals surface area contributed by atoms with Gasteiger partial charge in [0.2, 0.25) is 0 Å². The number of unbranched alkanes of at least 4 members (excludes halogenated alkanes) is 2. The monoisotopic (exact) mass is 577 g/mol. The van der Waals surface area contributed by atoms with Gasteiger partial charge in [-0.1, -0.05) is 43.6 Å². The number of hydrogen-bond acceptors (Lipinski definition) is 7. The molecule has 224 valence electrons. The Kier molecular flexibility index (Phi) is 12.1. The van der Waals surface area contributed by atoms with Gasteiger partial charge in [-0.15, -0.1) is 0 Å². The maximum Gasteiger partial charge on any atom is 0.424 e. The zero-order chi connectivity index (χ0) is 30.3. The second kappa shape index (κ2) is 14.4. The van der Waals surface area contributed by atoms with Crippen LogP contribution in [-0.4, -0.2) is 35.0 Å². The molecule has 8 nitrogen and oxygen atoms in total. The van der Waals surface area contributed by atoms with Crippen LogP contribution in [0.25, 0.3) is 0 Å². The molecule has 0 saturated heterocycles. The first-order valence-corrected chi connectivity index (χ1v) is 15.9. The first kappa shape index (κ1) is 33.6. The lowest BCUT2D eigenvalue weighted by molar-refractivity contribution is -0.153. The summed E-state index contributed by atoms with van der Waals surface area (Å²) in [4.78, 5) is 26.0. The van der Waals surface area contributed by atoms with Gasteiger partial charge in [0.25, 0.3) is 0 Å². The second-order valence-corrected chi connectivity index (χ2v) is 13.4. The van der Waals surface area contributed by atoms with Crippen LogP contribution in [-0.2, 0) is 25.3 Å². The third kappa shape index (κ3) is 8.71. The van der Waals surface area contributed by atoms with E-state index in [2.05, 4.69) is 24.7 Å². The van der Waals surface area contributed by atoms with Crippen LogP contribution in [0.3, 0.4) is 0 Å². The Balaban J connectivity index is 2.70. The van der Waals surface area contributed by atoms with Crippen molar-refractivity contribution in [3.8, 4) is 11.5 Å². The molecule has 0 fully saturated rings. The van der Waals surface area contributed by atoms with Crippen molar-refractivity contribution in [2.45, 2.75) is 111 Å². The lowest BCUT2D eigenvalue weighted by atomic mass is 9.73. The van der Waals surface area contributed by atoms with E-state index >= 15 is 0 Å². The molecule has 0 bridgehead atoms. The molecule has 0 saturated carbocycles. The standard InChI is InChI=1S/C31H48NO7P/c1-10-12-13-14-23-18-26(33)28(25-17-22(7)15-16-24(25)20(3)4)27(19-23)39-40(36,30(35)37-11-2)32-31(8,9)29(34)38-21(5)6/h17-19,21,24-25,33H,3,10-16H2,1-2,4-9H3,(H,32,36)/t24-,25+,40?/m0/s1. The highest BCUT2D eigenvalue weighted by Gasteiger charge is 2.46. The SMILES string of the molecule is C=C(C)[C@@H]1CCC(C)=C[C@H]1c1c(O)cc(CCCCC)cc1OP(=O)(NC(C)(C)C(=O)OC(C)C)C(=O)OCC. The number of nitrogens with one attached hydrogen (secondary N) is 1. The Hall–Kier alpha value is -2.57. The lowest BCUT2D eigenvalue weighted by Crippen LogP contribution is -2.48. The Morgan fingerprint density at radius 2 is 1.90 bits per heavy atom. The minimum atomic E-state index is -4.54. The number of phenols is 1. The largest absolute Gasteiger partial charge is 0.507 e. The van der Waals surface area contributed by atoms with Crippen molar-refractivity contribution < 1.29 is 33.3 Å². The van der Waals surface area contributed by atoms with Crippen molar-refractivity contribution >= 4 is 19.2 Å². The van der Waals surface area contributed by atoms with Crippen molar-refractivity contribution in [3.63, 3.8) is 0 Å².